The maximum Gasteiger partial charge on any atom is 2.00 e. The molecule has 0 bridgehead atoms. The van der Waals surface area contributed by atoms with Crippen LogP contribution in [0.4, 0.5) is 0 Å². The molecule has 1 unspecified atom stereocenters. The Kier molecular flexibility index (Phi) is 11.6. The topological polar surface area (TPSA) is 0 Å². The first-order valence-electron chi connectivity index (χ1n) is 5.53. The fourth-order valence-corrected chi connectivity index (χ4v) is 1.32. The van der Waals surface area contributed by atoms with E-state index in [0.29, 0.717) is 0 Å². The SMILES string of the molecule is Pc1ccccc1.[Fe+2].c1cc[cH-]c1.c1cc[cH-]c1. The van der Waals surface area contributed by atoms with E-state index in [1.165, 1.54) is 5.30 Å². The maximum absolute atomic E-state index is 2.63. The summed E-state index contributed by atoms with van der Waals surface area (Å²) < 4.78 is 0. The molecule has 0 heterocycles. The van der Waals surface area contributed by atoms with E-state index >= 15 is 0 Å². The fourth-order valence-electron chi connectivity index (χ4n) is 1.09. The Balaban J connectivity index is 0.000000239. The summed E-state index contributed by atoms with van der Waals surface area (Å²) >= 11 is 0. The number of hydrogen-bond acceptors (Lipinski definition) is 0. The van der Waals surface area contributed by atoms with E-state index in [2.05, 4.69) is 9.24 Å². The smallest absolute Gasteiger partial charge is 0.214 e. The van der Waals surface area contributed by atoms with Crippen molar-refractivity contribution >= 4 is 14.5 Å². The van der Waals surface area contributed by atoms with E-state index in [0.717, 1.165) is 0 Å². The van der Waals surface area contributed by atoms with Gasteiger partial charge in [0.2, 0.25) is 0 Å². The van der Waals surface area contributed by atoms with Crippen LogP contribution < -0.4 is 5.30 Å². The zero-order valence-electron chi connectivity index (χ0n) is 10.1. The van der Waals surface area contributed by atoms with E-state index in [-0.39, 0.29) is 17.1 Å². The van der Waals surface area contributed by atoms with Crippen LogP contribution in [0.15, 0.2) is 91.0 Å². The average molecular weight is 296 g/mol. The Bertz CT molecular complexity index is 368. The van der Waals surface area contributed by atoms with Gasteiger partial charge < -0.3 is 0 Å². The summed E-state index contributed by atoms with van der Waals surface area (Å²) in [7, 11) is 2.63. The van der Waals surface area contributed by atoms with Crippen LogP contribution in [0, 0.1) is 0 Å². The Labute approximate surface area is 122 Å². The van der Waals surface area contributed by atoms with Crippen LogP contribution in [-0.2, 0) is 17.1 Å². The van der Waals surface area contributed by atoms with Gasteiger partial charge in [0.15, 0.2) is 0 Å². The molecule has 0 aliphatic rings. The Morgan fingerprint density at radius 2 is 1.00 bits per heavy atom. The molecule has 2 heteroatoms. The van der Waals surface area contributed by atoms with Gasteiger partial charge in [-0.1, -0.05) is 30.3 Å². The molecule has 0 aliphatic carbocycles. The monoisotopic (exact) mass is 296 g/mol. The van der Waals surface area contributed by atoms with Crippen LogP contribution in [0.25, 0.3) is 0 Å². The predicted molar refractivity (Wildman–Crippen MR) is 79.9 cm³/mol. The minimum absolute atomic E-state index is 0. The summed E-state index contributed by atoms with van der Waals surface area (Å²) in [4.78, 5) is 0. The van der Waals surface area contributed by atoms with Gasteiger partial charge in [-0.05, 0) is 5.30 Å². The number of hydrogen-bond donors (Lipinski definition) is 0. The average Bonchev–Trinajstić information content (AvgIpc) is 3.09. The van der Waals surface area contributed by atoms with Crippen molar-refractivity contribution < 1.29 is 17.1 Å². The minimum Gasteiger partial charge on any atom is -0.214 e. The predicted octanol–water partition coefficient (Wildman–Crippen LogP) is 4.00. The Morgan fingerprint density at radius 3 is 1.17 bits per heavy atom. The summed E-state index contributed by atoms with van der Waals surface area (Å²) in [6.45, 7) is 0. The van der Waals surface area contributed by atoms with Crippen molar-refractivity contribution in [3.05, 3.63) is 91.0 Å². The van der Waals surface area contributed by atoms with E-state index in [1.54, 1.807) is 0 Å². The summed E-state index contributed by atoms with van der Waals surface area (Å²) in [6.07, 6.45) is 0. The van der Waals surface area contributed by atoms with E-state index in [9.17, 15) is 0 Å². The van der Waals surface area contributed by atoms with Crippen LogP contribution in [-0.4, -0.2) is 0 Å². The van der Waals surface area contributed by atoms with Crippen molar-refractivity contribution in [2.45, 2.75) is 0 Å². The Morgan fingerprint density at radius 1 is 0.611 bits per heavy atom. The second kappa shape index (κ2) is 12.3. The molecule has 18 heavy (non-hydrogen) atoms. The summed E-state index contributed by atoms with van der Waals surface area (Å²) in [5, 5.41) is 1.24. The zero-order valence-corrected chi connectivity index (χ0v) is 12.4. The van der Waals surface area contributed by atoms with E-state index < -0.39 is 0 Å². The maximum atomic E-state index is 2.63. The Hall–Kier alpha value is -1.13. The van der Waals surface area contributed by atoms with Crippen molar-refractivity contribution in [2.75, 3.05) is 0 Å². The molecular formula is C16H17FeP. The van der Waals surface area contributed by atoms with Crippen molar-refractivity contribution in [3.8, 4) is 0 Å². The van der Waals surface area contributed by atoms with Crippen molar-refractivity contribution in [1.29, 1.82) is 0 Å². The van der Waals surface area contributed by atoms with Crippen LogP contribution in [0.5, 0.6) is 0 Å². The summed E-state index contributed by atoms with van der Waals surface area (Å²) in [5.74, 6) is 0. The molecule has 1 atom stereocenters. The molecule has 0 N–H and O–H groups in total. The quantitative estimate of drug-likeness (QED) is 0.334. The molecule has 3 aromatic carbocycles. The molecule has 0 amide bonds. The first-order valence-corrected chi connectivity index (χ1v) is 6.11. The molecule has 3 rings (SSSR count). The van der Waals surface area contributed by atoms with Crippen LogP contribution >= 0.6 is 9.24 Å². The van der Waals surface area contributed by atoms with Gasteiger partial charge in [-0.25, -0.2) is 24.3 Å². The molecule has 0 aliphatic heterocycles. The van der Waals surface area contributed by atoms with Crippen LogP contribution in [0.2, 0.25) is 0 Å². The zero-order chi connectivity index (χ0) is 12.2. The third kappa shape index (κ3) is 10.1. The van der Waals surface area contributed by atoms with E-state index in [4.69, 9.17) is 0 Å². The molecule has 0 spiro atoms. The van der Waals surface area contributed by atoms with Crippen LogP contribution in [0.1, 0.15) is 0 Å². The third-order valence-electron chi connectivity index (χ3n) is 1.91. The molecule has 94 valence electrons. The van der Waals surface area contributed by atoms with Gasteiger partial charge in [-0.15, -0.1) is 9.24 Å². The van der Waals surface area contributed by atoms with Crippen molar-refractivity contribution in [2.24, 2.45) is 0 Å². The summed E-state index contributed by atoms with van der Waals surface area (Å²) in [5.41, 5.74) is 0. The van der Waals surface area contributed by atoms with Gasteiger partial charge in [0.05, 0.1) is 0 Å². The van der Waals surface area contributed by atoms with Gasteiger partial charge in [0.1, 0.15) is 0 Å². The number of rotatable bonds is 0. The van der Waals surface area contributed by atoms with Gasteiger partial charge in [-0.3, -0.25) is 0 Å². The fraction of sp³-hybridized carbons (Fsp3) is 0. The van der Waals surface area contributed by atoms with Crippen LogP contribution in [0.3, 0.4) is 0 Å². The minimum atomic E-state index is 0. The standard InChI is InChI=1S/C6H7P.2C5H5.Fe/c7-6-4-2-1-3-5-6;2*1-2-4-5-3-1;/h1-5H,7H2;2*1-5H;/q;2*-1;+2. The molecule has 0 radical (unpaired) electrons. The van der Waals surface area contributed by atoms with Gasteiger partial charge in [0, 0.05) is 0 Å². The molecule has 3 aromatic rings. The molecular weight excluding hydrogens is 279 g/mol. The van der Waals surface area contributed by atoms with Gasteiger partial charge >= 0.3 is 17.1 Å². The summed E-state index contributed by atoms with van der Waals surface area (Å²) in [6, 6.07) is 30.1. The molecule has 0 nitrogen and oxygen atoms in total. The van der Waals surface area contributed by atoms with Crippen molar-refractivity contribution in [3.63, 3.8) is 0 Å². The molecule has 0 saturated carbocycles. The number of benzene rings is 1. The largest absolute Gasteiger partial charge is 2.00 e. The van der Waals surface area contributed by atoms with Gasteiger partial charge in [-0.2, -0.15) is 36.4 Å². The van der Waals surface area contributed by atoms with Gasteiger partial charge in [0.25, 0.3) is 0 Å². The molecule has 0 saturated heterocycles. The second-order valence-corrected chi connectivity index (χ2v) is 4.00. The second-order valence-electron chi connectivity index (χ2n) is 3.34. The molecule has 0 fully saturated rings. The first-order chi connectivity index (χ1) is 8.39. The first kappa shape index (κ1) is 16.9. The normalized spacial score (nSPS) is 7.83. The van der Waals surface area contributed by atoms with Crippen molar-refractivity contribution in [1.82, 2.24) is 0 Å². The molecule has 0 aromatic heterocycles. The van der Waals surface area contributed by atoms with E-state index in [1.807, 2.05) is 91.0 Å². The third-order valence-corrected chi connectivity index (χ3v) is 2.30.